The molecule has 0 fully saturated rings. The number of ketones is 2. The predicted molar refractivity (Wildman–Crippen MR) is 82.1 cm³/mol. The first kappa shape index (κ1) is 16.0. The van der Waals surface area contributed by atoms with Gasteiger partial charge in [0.15, 0.2) is 11.6 Å². The molecule has 0 saturated heterocycles. The van der Waals surface area contributed by atoms with Gasteiger partial charge in [-0.05, 0) is 30.3 Å². The molecule has 2 rings (SSSR count). The van der Waals surface area contributed by atoms with Crippen molar-refractivity contribution in [2.45, 2.75) is 6.42 Å². The van der Waals surface area contributed by atoms with Crippen molar-refractivity contribution in [2.75, 3.05) is 14.2 Å². The molecule has 1 heterocycles. The molecule has 0 bridgehead atoms. The average Bonchev–Trinajstić information content (AvgIpc) is 2.54. The number of methoxy groups -OCH3 is 2. The Balaban J connectivity index is 2.18. The molecule has 114 valence electrons. The first-order chi connectivity index (χ1) is 10.6. The van der Waals surface area contributed by atoms with Crippen LogP contribution in [0.15, 0.2) is 36.5 Å². The zero-order valence-corrected chi connectivity index (χ0v) is 12.9. The van der Waals surface area contributed by atoms with Crippen LogP contribution in [0.25, 0.3) is 0 Å². The maximum absolute atomic E-state index is 12.2. The van der Waals surface area contributed by atoms with Crippen molar-refractivity contribution >= 4 is 23.2 Å². The number of nitrogens with zero attached hydrogens (tertiary/aromatic N) is 1. The second kappa shape index (κ2) is 7.04. The highest BCUT2D eigenvalue weighted by molar-refractivity contribution is 6.32. The topological polar surface area (TPSA) is 65.5 Å². The Morgan fingerprint density at radius 3 is 2.55 bits per heavy atom. The monoisotopic (exact) mass is 319 g/mol. The Hall–Kier alpha value is -2.40. The lowest BCUT2D eigenvalue weighted by molar-refractivity contribution is 0.0892. The number of hydrogen-bond acceptors (Lipinski definition) is 5. The molecule has 0 amide bonds. The van der Waals surface area contributed by atoms with E-state index in [2.05, 4.69) is 4.98 Å². The van der Waals surface area contributed by atoms with E-state index in [9.17, 15) is 9.59 Å². The third-order valence-corrected chi connectivity index (χ3v) is 3.36. The molecule has 0 spiro atoms. The van der Waals surface area contributed by atoms with Gasteiger partial charge in [0.2, 0.25) is 5.88 Å². The smallest absolute Gasteiger partial charge is 0.224 e. The van der Waals surface area contributed by atoms with Crippen molar-refractivity contribution in [3.63, 3.8) is 0 Å². The summed E-state index contributed by atoms with van der Waals surface area (Å²) in [6.45, 7) is 0. The molecule has 0 radical (unpaired) electrons. The number of halogens is 1. The van der Waals surface area contributed by atoms with E-state index in [-0.39, 0.29) is 29.4 Å². The van der Waals surface area contributed by atoms with E-state index in [4.69, 9.17) is 21.1 Å². The van der Waals surface area contributed by atoms with Gasteiger partial charge in [-0.2, -0.15) is 0 Å². The van der Waals surface area contributed by atoms with Gasteiger partial charge >= 0.3 is 0 Å². The van der Waals surface area contributed by atoms with Gasteiger partial charge in [-0.15, -0.1) is 0 Å². The predicted octanol–water partition coefficient (Wildman–Crippen LogP) is 3.21. The molecule has 0 aliphatic heterocycles. The zero-order valence-electron chi connectivity index (χ0n) is 12.1. The summed E-state index contributed by atoms with van der Waals surface area (Å²) in [5.41, 5.74) is 0.625. The minimum atomic E-state index is -0.359. The summed E-state index contributed by atoms with van der Waals surface area (Å²) in [4.78, 5) is 28.4. The normalized spacial score (nSPS) is 10.1. The van der Waals surface area contributed by atoms with Gasteiger partial charge in [-0.25, -0.2) is 4.98 Å². The van der Waals surface area contributed by atoms with Crippen molar-refractivity contribution in [3.8, 4) is 11.6 Å². The summed E-state index contributed by atoms with van der Waals surface area (Å²) >= 11 is 5.98. The lowest BCUT2D eigenvalue weighted by atomic mass is 10.0. The Labute approximate surface area is 132 Å². The molecule has 2 aromatic rings. The van der Waals surface area contributed by atoms with Gasteiger partial charge in [0.25, 0.3) is 0 Å². The Morgan fingerprint density at radius 2 is 1.91 bits per heavy atom. The number of rotatable bonds is 6. The molecule has 6 heteroatoms. The number of hydrogen-bond donors (Lipinski definition) is 0. The van der Waals surface area contributed by atoms with Crippen LogP contribution in [0.3, 0.4) is 0 Å². The van der Waals surface area contributed by atoms with E-state index in [1.54, 1.807) is 24.3 Å². The van der Waals surface area contributed by atoms with Crippen LogP contribution in [-0.4, -0.2) is 30.8 Å². The Kier molecular flexibility index (Phi) is 5.12. The van der Waals surface area contributed by atoms with E-state index in [1.165, 1.54) is 26.5 Å². The summed E-state index contributed by atoms with van der Waals surface area (Å²) in [6.07, 6.45) is 1.23. The van der Waals surface area contributed by atoms with Gasteiger partial charge in [-0.3, -0.25) is 9.59 Å². The van der Waals surface area contributed by atoms with Gasteiger partial charge in [0.05, 0.1) is 31.2 Å². The molecule has 22 heavy (non-hydrogen) atoms. The minimum absolute atomic E-state index is 0.202. The third kappa shape index (κ3) is 3.43. The van der Waals surface area contributed by atoms with Gasteiger partial charge in [0.1, 0.15) is 5.75 Å². The van der Waals surface area contributed by atoms with Crippen LogP contribution in [0.1, 0.15) is 27.1 Å². The molecule has 0 atom stereocenters. The fourth-order valence-electron chi connectivity index (χ4n) is 1.95. The molecule has 1 aromatic carbocycles. The summed E-state index contributed by atoms with van der Waals surface area (Å²) in [5.74, 6) is -0.0196. The second-order valence-electron chi connectivity index (χ2n) is 4.43. The Bertz CT molecular complexity index is 715. The third-order valence-electron chi connectivity index (χ3n) is 3.06. The first-order valence-corrected chi connectivity index (χ1v) is 6.83. The molecular formula is C16H14ClNO4. The molecule has 0 saturated carbocycles. The fourth-order valence-corrected chi connectivity index (χ4v) is 2.21. The lowest BCUT2D eigenvalue weighted by Crippen LogP contribution is -2.10. The minimum Gasteiger partial charge on any atom is -0.495 e. The van der Waals surface area contributed by atoms with Crippen molar-refractivity contribution in [2.24, 2.45) is 0 Å². The maximum Gasteiger partial charge on any atom is 0.224 e. The average molecular weight is 320 g/mol. The van der Waals surface area contributed by atoms with Crippen molar-refractivity contribution in [1.29, 1.82) is 0 Å². The summed E-state index contributed by atoms with van der Waals surface area (Å²) in [7, 11) is 2.91. The molecule has 1 aromatic heterocycles. The number of pyridine rings is 1. The van der Waals surface area contributed by atoms with Crippen molar-refractivity contribution < 1.29 is 19.1 Å². The lowest BCUT2D eigenvalue weighted by Gasteiger charge is -2.07. The van der Waals surface area contributed by atoms with E-state index in [1.807, 2.05) is 0 Å². The summed E-state index contributed by atoms with van der Waals surface area (Å²) in [5, 5.41) is 0.319. The van der Waals surface area contributed by atoms with Gasteiger partial charge in [0, 0.05) is 11.8 Å². The van der Waals surface area contributed by atoms with Crippen LogP contribution in [0.2, 0.25) is 5.02 Å². The number of benzene rings is 1. The van der Waals surface area contributed by atoms with E-state index < -0.39 is 0 Å². The molecule has 0 unspecified atom stereocenters. The molecule has 0 aliphatic carbocycles. The summed E-state index contributed by atoms with van der Waals surface area (Å²) in [6, 6.07) is 7.83. The Morgan fingerprint density at radius 1 is 1.14 bits per heavy atom. The van der Waals surface area contributed by atoms with Crippen LogP contribution >= 0.6 is 11.6 Å². The highest BCUT2D eigenvalue weighted by Crippen LogP contribution is 2.26. The van der Waals surface area contributed by atoms with Crippen LogP contribution < -0.4 is 9.47 Å². The van der Waals surface area contributed by atoms with Gasteiger partial charge < -0.3 is 9.47 Å². The van der Waals surface area contributed by atoms with E-state index in [0.29, 0.717) is 16.3 Å². The molecule has 0 N–H and O–H groups in total. The van der Waals surface area contributed by atoms with Crippen LogP contribution in [0.5, 0.6) is 11.6 Å². The SMILES string of the molecule is COc1ccc(C(=O)CC(=O)c2cccnc2OC)cc1Cl. The first-order valence-electron chi connectivity index (χ1n) is 6.45. The second-order valence-corrected chi connectivity index (χ2v) is 4.84. The molecule has 0 aliphatic rings. The fraction of sp³-hybridized carbons (Fsp3) is 0.188. The number of ether oxygens (including phenoxy) is 2. The van der Waals surface area contributed by atoms with Crippen molar-refractivity contribution in [3.05, 3.63) is 52.7 Å². The summed E-state index contributed by atoms with van der Waals surface area (Å²) < 4.78 is 10.0. The number of aromatic nitrogens is 1. The highest BCUT2D eigenvalue weighted by Gasteiger charge is 2.18. The number of carbonyl (C=O) groups is 2. The van der Waals surface area contributed by atoms with Crippen LogP contribution in [0, 0.1) is 0 Å². The highest BCUT2D eigenvalue weighted by atomic mass is 35.5. The number of Topliss-reactive ketones (excluding diaryl/α,β-unsaturated/α-hetero) is 2. The van der Waals surface area contributed by atoms with Gasteiger partial charge in [-0.1, -0.05) is 11.6 Å². The molecule has 5 nitrogen and oxygen atoms in total. The number of carbonyl (C=O) groups excluding carboxylic acids is 2. The van der Waals surface area contributed by atoms with Crippen molar-refractivity contribution in [1.82, 2.24) is 4.98 Å². The maximum atomic E-state index is 12.2. The van der Waals surface area contributed by atoms with Crippen LogP contribution in [0.4, 0.5) is 0 Å². The molecular weight excluding hydrogens is 306 g/mol. The van der Waals surface area contributed by atoms with Crippen LogP contribution in [-0.2, 0) is 0 Å². The zero-order chi connectivity index (χ0) is 16.1. The largest absolute Gasteiger partial charge is 0.495 e. The standard InChI is InChI=1S/C16H14ClNO4/c1-21-15-6-5-10(8-12(15)17)13(19)9-14(20)11-4-3-7-18-16(11)22-2/h3-8H,9H2,1-2H3. The quantitative estimate of drug-likeness (QED) is 0.604. The van der Waals surface area contributed by atoms with E-state index in [0.717, 1.165) is 0 Å². The van der Waals surface area contributed by atoms with E-state index >= 15 is 0 Å².